The molecule has 122 valence electrons. The number of rotatable bonds is 4. The molecule has 2 aromatic rings. The minimum atomic E-state index is -0.414. The summed E-state index contributed by atoms with van der Waals surface area (Å²) in [4.78, 5) is 25.4. The summed E-state index contributed by atoms with van der Waals surface area (Å²) in [5.74, 6) is -0.119. The normalized spacial score (nSPS) is 13.5. The highest BCUT2D eigenvalue weighted by atomic mass is 35.5. The van der Waals surface area contributed by atoms with Crippen molar-refractivity contribution in [1.29, 1.82) is 0 Å². The number of benzene rings is 2. The number of carbonyl (C=O) groups is 2. The zero-order chi connectivity index (χ0) is 16.9. The third kappa shape index (κ3) is 3.55. The predicted molar refractivity (Wildman–Crippen MR) is 91.5 cm³/mol. The van der Waals surface area contributed by atoms with Gasteiger partial charge in [-0.15, -0.1) is 0 Å². The summed E-state index contributed by atoms with van der Waals surface area (Å²) in [5, 5.41) is 4.41. The summed E-state index contributed by atoms with van der Waals surface area (Å²) >= 11 is 6.00. The summed E-state index contributed by atoms with van der Waals surface area (Å²) in [6.07, 6.45) is 1.45. The molecule has 0 aromatic heterocycles. The van der Waals surface area contributed by atoms with Crippen LogP contribution >= 0.6 is 11.6 Å². The van der Waals surface area contributed by atoms with Gasteiger partial charge in [0, 0.05) is 10.6 Å². The molecule has 2 amide bonds. The molecule has 6 nitrogen and oxygen atoms in total. The third-order valence-corrected chi connectivity index (χ3v) is 3.75. The Morgan fingerprint density at radius 3 is 2.83 bits per heavy atom. The van der Waals surface area contributed by atoms with Crippen LogP contribution in [0.15, 0.2) is 53.6 Å². The minimum absolute atomic E-state index is 0.0901. The number of fused-ring (bicyclic) bond motifs is 1. The van der Waals surface area contributed by atoms with E-state index in [1.807, 2.05) is 6.07 Å². The molecular formula is C17H14ClN3O3. The number of halogens is 1. The van der Waals surface area contributed by atoms with Gasteiger partial charge in [0.05, 0.1) is 11.9 Å². The maximum absolute atomic E-state index is 12.0. The molecule has 0 atom stereocenters. The van der Waals surface area contributed by atoms with Crippen LogP contribution in [0.2, 0.25) is 5.02 Å². The van der Waals surface area contributed by atoms with Gasteiger partial charge in [0.1, 0.15) is 12.3 Å². The quantitative estimate of drug-likeness (QED) is 0.683. The van der Waals surface area contributed by atoms with Crippen LogP contribution in [0.1, 0.15) is 5.56 Å². The lowest BCUT2D eigenvalue weighted by Crippen LogP contribution is -2.44. The number of hydrazone groups is 1. The monoisotopic (exact) mass is 343 g/mol. The fourth-order valence-electron chi connectivity index (χ4n) is 2.26. The number of anilines is 1. The van der Waals surface area contributed by atoms with E-state index in [2.05, 4.69) is 10.5 Å². The Bertz CT molecular complexity index is 807. The zero-order valence-corrected chi connectivity index (χ0v) is 13.4. The van der Waals surface area contributed by atoms with Crippen LogP contribution in [0.25, 0.3) is 0 Å². The number of amides is 2. The van der Waals surface area contributed by atoms with E-state index in [0.717, 1.165) is 0 Å². The molecule has 0 spiro atoms. The van der Waals surface area contributed by atoms with Crippen molar-refractivity contribution in [2.75, 3.05) is 18.1 Å². The lowest BCUT2D eigenvalue weighted by atomic mass is 10.2. The van der Waals surface area contributed by atoms with E-state index >= 15 is 0 Å². The minimum Gasteiger partial charge on any atom is -0.482 e. The summed E-state index contributed by atoms with van der Waals surface area (Å²) < 4.78 is 5.33. The van der Waals surface area contributed by atoms with E-state index < -0.39 is 5.91 Å². The Morgan fingerprint density at radius 2 is 2.00 bits per heavy atom. The molecule has 0 saturated carbocycles. The lowest BCUT2D eigenvalue weighted by molar-refractivity contribution is -0.125. The molecule has 0 radical (unpaired) electrons. The second-order valence-corrected chi connectivity index (χ2v) is 5.46. The summed E-state index contributed by atoms with van der Waals surface area (Å²) in [6, 6.07) is 14.2. The number of ether oxygens (including phenoxy) is 1. The van der Waals surface area contributed by atoms with Crippen LogP contribution in [0.4, 0.5) is 5.69 Å². The van der Waals surface area contributed by atoms with Crippen molar-refractivity contribution in [2.45, 2.75) is 0 Å². The second kappa shape index (κ2) is 7.14. The summed E-state index contributed by atoms with van der Waals surface area (Å²) in [5.41, 5.74) is 3.65. The van der Waals surface area contributed by atoms with Gasteiger partial charge in [-0.25, -0.2) is 5.43 Å². The van der Waals surface area contributed by atoms with Crippen molar-refractivity contribution in [3.8, 4) is 5.75 Å². The summed E-state index contributed by atoms with van der Waals surface area (Å²) in [7, 11) is 0. The molecule has 3 rings (SSSR count). The van der Waals surface area contributed by atoms with E-state index in [1.165, 1.54) is 11.1 Å². The van der Waals surface area contributed by atoms with E-state index in [9.17, 15) is 9.59 Å². The average molecular weight is 344 g/mol. The van der Waals surface area contributed by atoms with Gasteiger partial charge in [-0.3, -0.25) is 14.5 Å². The molecule has 1 N–H and O–H groups in total. The maximum atomic E-state index is 12.0. The number of para-hydroxylation sites is 2. The number of nitrogens with zero attached hydrogens (tertiary/aromatic N) is 2. The number of carbonyl (C=O) groups excluding carboxylic acids is 2. The van der Waals surface area contributed by atoms with Gasteiger partial charge < -0.3 is 4.74 Å². The predicted octanol–water partition coefficient (Wildman–Crippen LogP) is 2.22. The number of hydrogen-bond donors (Lipinski definition) is 1. The molecule has 0 bridgehead atoms. The molecule has 7 heteroatoms. The van der Waals surface area contributed by atoms with Crippen LogP contribution in [0.3, 0.4) is 0 Å². The Balaban J connectivity index is 1.65. The Kier molecular flexibility index (Phi) is 4.77. The topological polar surface area (TPSA) is 71.0 Å². The standard InChI is InChI=1S/C17H14ClN3O3/c18-13-6-2-1-5-12(13)9-19-20-16(22)10-21-14-7-3-4-8-15(14)24-11-17(21)23/h1-9H,10-11H2,(H,20,22)/b19-9-. The van der Waals surface area contributed by atoms with Crippen molar-refractivity contribution in [1.82, 2.24) is 5.43 Å². The highest BCUT2D eigenvalue weighted by Crippen LogP contribution is 2.31. The Labute approximate surface area is 143 Å². The van der Waals surface area contributed by atoms with Gasteiger partial charge in [-0.1, -0.05) is 41.9 Å². The first-order valence-electron chi connectivity index (χ1n) is 7.24. The van der Waals surface area contributed by atoms with Gasteiger partial charge in [-0.2, -0.15) is 5.10 Å². The molecule has 1 aliphatic rings. The molecule has 1 aliphatic heterocycles. The van der Waals surface area contributed by atoms with Gasteiger partial charge in [0.25, 0.3) is 11.8 Å². The van der Waals surface area contributed by atoms with E-state index in [0.29, 0.717) is 22.0 Å². The molecule has 0 unspecified atom stereocenters. The van der Waals surface area contributed by atoms with Crippen molar-refractivity contribution in [2.24, 2.45) is 5.10 Å². The fourth-order valence-corrected chi connectivity index (χ4v) is 2.44. The van der Waals surface area contributed by atoms with Crippen molar-refractivity contribution in [3.05, 3.63) is 59.1 Å². The maximum Gasteiger partial charge on any atom is 0.265 e. The van der Waals surface area contributed by atoms with E-state index in [1.54, 1.807) is 42.5 Å². The molecule has 1 heterocycles. The highest BCUT2D eigenvalue weighted by Gasteiger charge is 2.26. The Hall–Kier alpha value is -2.86. The smallest absolute Gasteiger partial charge is 0.265 e. The molecule has 0 saturated heterocycles. The largest absolute Gasteiger partial charge is 0.482 e. The van der Waals surface area contributed by atoms with Crippen LogP contribution in [-0.4, -0.2) is 31.2 Å². The van der Waals surface area contributed by atoms with Gasteiger partial charge in [0.15, 0.2) is 6.61 Å². The first-order chi connectivity index (χ1) is 11.6. The first kappa shape index (κ1) is 16.0. The van der Waals surface area contributed by atoms with E-state index in [-0.39, 0.29) is 19.1 Å². The third-order valence-electron chi connectivity index (χ3n) is 3.41. The number of nitrogens with one attached hydrogen (secondary N) is 1. The van der Waals surface area contributed by atoms with Crippen molar-refractivity contribution in [3.63, 3.8) is 0 Å². The summed E-state index contributed by atoms with van der Waals surface area (Å²) in [6.45, 7) is -0.230. The zero-order valence-electron chi connectivity index (χ0n) is 12.6. The molecule has 0 fully saturated rings. The van der Waals surface area contributed by atoms with Crippen LogP contribution in [0.5, 0.6) is 5.75 Å². The average Bonchev–Trinajstić information content (AvgIpc) is 2.59. The number of hydrogen-bond acceptors (Lipinski definition) is 4. The second-order valence-electron chi connectivity index (χ2n) is 5.05. The molecular weight excluding hydrogens is 330 g/mol. The van der Waals surface area contributed by atoms with Gasteiger partial charge in [-0.05, 0) is 18.2 Å². The highest BCUT2D eigenvalue weighted by molar-refractivity contribution is 6.33. The van der Waals surface area contributed by atoms with Crippen LogP contribution < -0.4 is 15.1 Å². The molecule has 2 aromatic carbocycles. The van der Waals surface area contributed by atoms with Crippen molar-refractivity contribution < 1.29 is 14.3 Å². The SMILES string of the molecule is O=C(CN1C(=O)COc2ccccc21)N/N=C\c1ccccc1Cl. The molecule has 24 heavy (non-hydrogen) atoms. The molecule has 0 aliphatic carbocycles. The van der Waals surface area contributed by atoms with Gasteiger partial charge in [0.2, 0.25) is 0 Å². The fraction of sp³-hybridized carbons (Fsp3) is 0.118. The van der Waals surface area contributed by atoms with Gasteiger partial charge >= 0.3 is 0 Å². The van der Waals surface area contributed by atoms with Crippen LogP contribution in [0, 0.1) is 0 Å². The lowest BCUT2D eigenvalue weighted by Gasteiger charge is -2.28. The van der Waals surface area contributed by atoms with Crippen LogP contribution in [-0.2, 0) is 9.59 Å². The first-order valence-corrected chi connectivity index (χ1v) is 7.61. The van der Waals surface area contributed by atoms with Crippen molar-refractivity contribution >= 4 is 35.3 Å². The Morgan fingerprint density at radius 1 is 1.25 bits per heavy atom. The van der Waals surface area contributed by atoms with E-state index in [4.69, 9.17) is 16.3 Å².